The number of hydrogen-bond donors (Lipinski definition) is 2. The highest BCUT2D eigenvalue weighted by Crippen LogP contribution is 2.31. The van der Waals surface area contributed by atoms with Gasteiger partial charge in [0.2, 0.25) is 5.95 Å². The fourth-order valence-corrected chi connectivity index (χ4v) is 3.41. The minimum Gasteiger partial charge on any atom is -0.379 e. The van der Waals surface area contributed by atoms with Gasteiger partial charge in [0.1, 0.15) is 5.82 Å². The molecule has 0 bridgehead atoms. The second kappa shape index (κ2) is 9.66. The minimum atomic E-state index is -4.55. The Kier molecular flexibility index (Phi) is 7.24. The van der Waals surface area contributed by atoms with Crippen LogP contribution in [0, 0.1) is 0 Å². The standard InChI is InChI=1S/C17H25F3N6OS/c18-17(19,20)13-12-14(26-5-2-1-3-6-26)23-15(22-13)24-16(28)21-4-7-25-8-10-27-11-9-25/h12H,1-11H2,(H2,21,22,23,24,28). The number of alkyl halides is 3. The van der Waals surface area contributed by atoms with E-state index in [1.54, 1.807) is 0 Å². The predicted molar refractivity (Wildman–Crippen MR) is 105 cm³/mol. The Morgan fingerprint density at radius 2 is 1.82 bits per heavy atom. The molecule has 0 spiro atoms. The zero-order valence-corrected chi connectivity index (χ0v) is 16.4. The largest absolute Gasteiger partial charge is 0.433 e. The van der Waals surface area contributed by atoms with Crippen molar-refractivity contribution in [2.24, 2.45) is 0 Å². The van der Waals surface area contributed by atoms with Gasteiger partial charge >= 0.3 is 6.18 Å². The van der Waals surface area contributed by atoms with Crippen LogP contribution in [0.25, 0.3) is 0 Å². The van der Waals surface area contributed by atoms with Gasteiger partial charge in [-0.2, -0.15) is 18.2 Å². The minimum absolute atomic E-state index is 0.140. The van der Waals surface area contributed by atoms with Gasteiger partial charge in [-0.05, 0) is 31.5 Å². The number of anilines is 2. The molecule has 0 aromatic carbocycles. The summed E-state index contributed by atoms with van der Waals surface area (Å²) in [6.07, 6.45) is -1.59. The fourth-order valence-electron chi connectivity index (χ4n) is 3.22. The maximum atomic E-state index is 13.3. The van der Waals surface area contributed by atoms with E-state index >= 15 is 0 Å². The number of halogens is 3. The van der Waals surface area contributed by atoms with E-state index in [0.717, 1.165) is 45.0 Å². The highest BCUT2D eigenvalue weighted by Gasteiger charge is 2.34. The third-order valence-corrected chi connectivity index (χ3v) is 4.97. The van der Waals surface area contributed by atoms with Crippen LogP contribution in [-0.4, -0.2) is 72.5 Å². The maximum Gasteiger partial charge on any atom is 0.433 e. The second-order valence-corrected chi connectivity index (χ2v) is 7.22. The summed E-state index contributed by atoms with van der Waals surface area (Å²) in [7, 11) is 0. The highest BCUT2D eigenvalue weighted by atomic mass is 32.1. The van der Waals surface area contributed by atoms with E-state index in [1.165, 1.54) is 0 Å². The molecule has 0 atom stereocenters. The smallest absolute Gasteiger partial charge is 0.379 e. The predicted octanol–water partition coefficient (Wildman–Crippen LogP) is 2.10. The van der Waals surface area contributed by atoms with Crippen LogP contribution in [0.3, 0.4) is 0 Å². The lowest BCUT2D eigenvalue weighted by atomic mass is 10.1. The highest BCUT2D eigenvalue weighted by molar-refractivity contribution is 7.80. The third kappa shape index (κ3) is 6.14. The molecule has 2 N–H and O–H groups in total. The van der Waals surface area contributed by atoms with E-state index in [0.29, 0.717) is 32.8 Å². The average Bonchev–Trinajstić information content (AvgIpc) is 2.68. The average molecular weight is 418 g/mol. The molecule has 7 nitrogen and oxygen atoms in total. The van der Waals surface area contributed by atoms with Crippen LogP contribution >= 0.6 is 12.2 Å². The Morgan fingerprint density at radius 1 is 1.11 bits per heavy atom. The van der Waals surface area contributed by atoms with Crippen LogP contribution in [-0.2, 0) is 10.9 Å². The first-order valence-electron chi connectivity index (χ1n) is 9.48. The van der Waals surface area contributed by atoms with Crippen molar-refractivity contribution < 1.29 is 17.9 Å². The Balaban J connectivity index is 1.61. The van der Waals surface area contributed by atoms with Gasteiger partial charge < -0.3 is 20.3 Å². The molecule has 2 aliphatic heterocycles. The van der Waals surface area contributed by atoms with Crippen molar-refractivity contribution in [1.82, 2.24) is 20.2 Å². The van der Waals surface area contributed by atoms with Gasteiger partial charge in [0.05, 0.1) is 13.2 Å². The summed E-state index contributed by atoms with van der Waals surface area (Å²) >= 11 is 5.20. The maximum absolute atomic E-state index is 13.3. The lowest BCUT2D eigenvalue weighted by molar-refractivity contribution is -0.141. The third-order valence-electron chi connectivity index (χ3n) is 4.73. The first-order chi connectivity index (χ1) is 13.4. The number of aromatic nitrogens is 2. The molecule has 2 saturated heterocycles. The number of hydrogen-bond acceptors (Lipinski definition) is 6. The summed E-state index contributed by atoms with van der Waals surface area (Å²) in [5, 5.41) is 5.90. The molecule has 0 saturated carbocycles. The Labute approximate surface area is 167 Å². The first-order valence-corrected chi connectivity index (χ1v) is 9.89. The molecule has 156 valence electrons. The Hall–Kier alpha value is -1.72. The van der Waals surface area contributed by atoms with Gasteiger partial charge in [-0.15, -0.1) is 0 Å². The number of rotatable bonds is 5. The molecule has 0 unspecified atom stereocenters. The van der Waals surface area contributed by atoms with Crippen LogP contribution in [0.15, 0.2) is 6.07 Å². The van der Waals surface area contributed by atoms with Gasteiger partial charge in [-0.25, -0.2) is 4.98 Å². The quantitative estimate of drug-likeness (QED) is 0.705. The van der Waals surface area contributed by atoms with E-state index in [-0.39, 0.29) is 16.9 Å². The molecule has 1 aromatic rings. The molecule has 3 heterocycles. The molecule has 0 aliphatic carbocycles. The lowest BCUT2D eigenvalue weighted by Crippen LogP contribution is -2.42. The van der Waals surface area contributed by atoms with Gasteiger partial charge in [-0.3, -0.25) is 4.90 Å². The molecular weight excluding hydrogens is 393 g/mol. The molecule has 0 radical (unpaired) electrons. The van der Waals surface area contributed by atoms with E-state index in [4.69, 9.17) is 17.0 Å². The topological polar surface area (TPSA) is 65.6 Å². The van der Waals surface area contributed by atoms with Crippen LogP contribution in [0.4, 0.5) is 24.9 Å². The van der Waals surface area contributed by atoms with Crippen LogP contribution < -0.4 is 15.5 Å². The Morgan fingerprint density at radius 3 is 2.50 bits per heavy atom. The van der Waals surface area contributed by atoms with E-state index in [9.17, 15) is 13.2 Å². The number of thiocarbonyl (C=S) groups is 1. The van der Waals surface area contributed by atoms with Gasteiger partial charge in [0.25, 0.3) is 0 Å². The Bertz CT molecular complexity index is 663. The fraction of sp³-hybridized carbons (Fsp3) is 0.706. The van der Waals surface area contributed by atoms with Gasteiger partial charge in [-0.1, -0.05) is 0 Å². The van der Waals surface area contributed by atoms with Crippen molar-refractivity contribution in [3.63, 3.8) is 0 Å². The van der Waals surface area contributed by atoms with E-state index in [1.807, 2.05) is 4.90 Å². The van der Waals surface area contributed by atoms with Crippen molar-refractivity contribution in [2.45, 2.75) is 25.4 Å². The van der Waals surface area contributed by atoms with Crippen molar-refractivity contribution >= 4 is 29.1 Å². The number of piperidine rings is 1. The molecule has 2 fully saturated rings. The van der Waals surface area contributed by atoms with Crippen molar-refractivity contribution in [3.05, 3.63) is 11.8 Å². The molecule has 11 heteroatoms. The number of morpholine rings is 1. The molecule has 2 aliphatic rings. The molecular formula is C17H25F3N6OS. The zero-order chi connectivity index (χ0) is 20.0. The molecule has 1 aromatic heterocycles. The molecule has 0 amide bonds. The molecule has 28 heavy (non-hydrogen) atoms. The summed E-state index contributed by atoms with van der Waals surface area (Å²) in [6, 6.07) is 1.01. The van der Waals surface area contributed by atoms with Crippen LogP contribution in [0.2, 0.25) is 0 Å². The summed E-state index contributed by atoms with van der Waals surface area (Å²) in [6.45, 7) is 5.86. The first kappa shape index (κ1) is 21.0. The second-order valence-electron chi connectivity index (χ2n) is 6.82. The zero-order valence-electron chi connectivity index (χ0n) is 15.6. The summed E-state index contributed by atoms with van der Waals surface area (Å²) in [4.78, 5) is 12.0. The van der Waals surface area contributed by atoms with Crippen molar-refractivity contribution in [2.75, 3.05) is 62.7 Å². The lowest BCUT2D eigenvalue weighted by Gasteiger charge is -2.28. The van der Waals surface area contributed by atoms with Crippen LogP contribution in [0.1, 0.15) is 25.0 Å². The van der Waals surface area contributed by atoms with Gasteiger partial charge in [0.15, 0.2) is 10.8 Å². The van der Waals surface area contributed by atoms with Crippen molar-refractivity contribution in [3.8, 4) is 0 Å². The van der Waals surface area contributed by atoms with Gasteiger partial charge in [0, 0.05) is 45.3 Å². The number of nitrogens with zero attached hydrogens (tertiary/aromatic N) is 4. The van der Waals surface area contributed by atoms with Crippen LogP contribution in [0.5, 0.6) is 0 Å². The normalized spacial score (nSPS) is 18.8. The summed E-state index contributed by atoms with van der Waals surface area (Å²) < 4.78 is 45.1. The monoisotopic (exact) mass is 418 g/mol. The SMILES string of the molecule is FC(F)(F)c1cc(N2CCCCC2)nc(NC(=S)NCCN2CCOCC2)n1. The van der Waals surface area contributed by atoms with Crippen molar-refractivity contribution in [1.29, 1.82) is 0 Å². The number of ether oxygens (including phenoxy) is 1. The van der Waals surface area contributed by atoms with E-state index < -0.39 is 11.9 Å². The summed E-state index contributed by atoms with van der Waals surface area (Å²) in [5.74, 6) is 0.139. The molecule has 3 rings (SSSR count). The number of nitrogens with one attached hydrogen (secondary N) is 2. The summed E-state index contributed by atoms with van der Waals surface area (Å²) in [5.41, 5.74) is -0.971. The van der Waals surface area contributed by atoms with E-state index in [2.05, 4.69) is 25.5 Å².